The van der Waals surface area contributed by atoms with Crippen molar-refractivity contribution in [1.29, 1.82) is 0 Å². The van der Waals surface area contributed by atoms with Crippen LogP contribution >= 0.6 is 0 Å². The van der Waals surface area contributed by atoms with Gasteiger partial charge in [0.25, 0.3) is 5.91 Å². The van der Waals surface area contributed by atoms with Crippen LogP contribution in [0.15, 0.2) is 54.9 Å². The molecule has 2 heterocycles. The summed E-state index contributed by atoms with van der Waals surface area (Å²) in [4.78, 5) is 19.5. The van der Waals surface area contributed by atoms with E-state index in [0.29, 0.717) is 5.92 Å². The third kappa shape index (κ3) is 3.03. The van der Waals surface area contributed by atoms with Crippen molar-refractivity contribution in [1.82, 2.24) is 14.5 Å². The number of amides is 1. The number of benzene rings is 2. The first-order valence-corrected chi connectivity index (χ1v) is 10.1. The minimum absolute atomic E-state index is 0.182. The van der Waals surface area contributed by atoms with Crippen LogP contribution in [0.2, 0.25) is 0 Å². The van der Waals surface area contributed by atoms with Crippen molar-refractivity contribution < 1.29 is 4.79 Å². The average molecular weight is 359 g/mol. The first-order valence-electron chi connectivity index (χ1n) is 10.1. The van der Waals surface area contributed by atoms with Gasteiger partial charge in [-0.15, -0.1) is 0 Å². The van der Waals surface area contributed by atoms with Gasteiger partial charge in [0.05, 0.1) is 11.0 Å². The second-order valence-corrected chi connectivity index (χ2v) is 7.99. The van der Waals surface area contributed by atoms with Crippen LogP contribution in [0, 0.1) is 11.8 Å². The topological polar surface area (TPSA) is 38.1 Å². The number of rotatable bonds is 2. The van der Waals surface area contributed by atoms with E-state index in [1.165, 1.54) is 32.1 Å². The summed E-state index contributed by atoms with van der Waals surface area (Å²) in [6, 6.07) is 16.1. The molecule has 2 atom stereocenters. The van der Waals surface area contributed by atoms with Crippen LogP contribution in [0.25, 0.3) is 16.7 Å². The molecule has 5 rings (SSSR count). The molecule has 4 nitrogen and oxygen atoms in total. The summed E-state index contributed by atoms with van der Waals surface area (Å²) in [5.74, 6) is 1.74. The van der Waals surface area contributed by atoms with E-state index in [0.717, 1.165) is 41.3 Å². The summed E-state index contributed by atoms with van der Waals surface area (Å²) in [6.07, 6.45) is 8.38. The van der Waals surface area contributed by atoms with Crippen LogP contribution in [0.3, 0.4) is 0 Å². The second-order valence-electron chi connectivity index (χ2n) is 7.99. The van der Waals surface area contributed by atoms with Gasteiger partial charge >= 0.3 is 0 Å². The van der Waals surface area contributed by atoms with E-state index in [4.69, 9.17) is 0 Å². The summed E-state index contributed by atoms with van der Waals surface area (Å²) in [6.45, 7) is 1.85. The Morgan fingerprint density at radius 2 is 1.70 bits per heavy atom. The molecule has 0 radical (unpaired) electrons. The van der Waals surface area contributed by atoms with Crippen molar-refractivity contribution in [2.24, 2.45) is 11.8 Å². The fraction of sp³-hybridized carbons (Fsp3) is 0.391. The number of nitrogens with zero attached hydrogens (tertiary/aromatic N) is 3. The van der Waals surface area contributed by atoms with Gasteiger partial charge in [-0.3, -0.25) is 9.36 Å². The summed E-state index contributed by atoms with van der Waals surface area (Å²) in [5.41, 5.74) is 3.88. The first kappa shape index (κ1) is 16.5. The molecule has 2 unspecified atom stereocenters. The maximum Gasteiger partial charge on any atom is 0.253 e. The van der Waals surface area contributed by atoms with Gasteiger partial charge < -0.3 is 4.90 Å². The highest BCUT2D eigenvalue weighted by atomic mass is 16.2. The van der Waals surface area contributed by atoms with Gasteiger partial charge in [0.15, 0.2) is 0 Å². The lowest BCUT2D eigenvalue weighted by molar-refractivity contribution is 0.0521. The number of para-hydroxylation sites is 2. The highest BCUT2D eigenvalue weighted by Crippen LogP contribution is 2.36. The maximum atomic E-state index is 13.0. The van der Waals surface area contributed by atoms with Gasteiger partial charge in [-0.2, -0.15) is 0 Å². The number of carbonyl (C=O) groups excluding carboxylic acids is 1. The molecule has 1 aliphatic carbocycles. The molecular formula is C23H25N3O. The van der Waals surface area contributed by atoms with E-state index >= 15 is 0 Å². The number of carbonyl (C=O) groups is 1. The fourth-order valence-corrected chi connectivity index (χ4v) is 4.90. The normalized spacial score (nSPS) is 22.6. The van der Waals surface area contributed by atoms with Crippen molar-refractivity contribution >= 4 is 16.9 Å². The number of aromatic nitrogens is 2. The average Bonchev–Trinajstić information content (AvgIpc) is 3.17. The molecule has 0 bridgehead atoms. The minimum atomic E-state index is 0.182. The van der Waals surface area contributed by atoms with Gasteiger partial charge in [-0.05, 0) is 61.1 Å². The Morgan fingerprint density at radius 1 is 0.926 bits per heavy atom. The zero-order chi connectivity index (χ0) is 18.2. The highest BCUT2D eigenvalue weighted by Gasteiger charge is 2.33. The maximum absolute atomic E-state index is 13.0. The van der Waals surface area contributed by atoms with Crippen LogP contribution in [0.1, 0.15) is 42.5 Å². The third-order valence-electron chi connectivity index (χ3n) is 6.42. The molecule has 1 aromatic heterocycles. The lowest BCUT2D eigenvalue weighted by atomic mass is 9.75. The van der Waals surface area contributed by atoms with Crippen LogP contribution in [0.4, 0.5) is 0 Å². The number of hydrogen-bond acceptors (Lipinski definition) is 2. The number of fused-ring (bicyclic) bond motifs is 2. The summed E-state index contributed by atoms with van der Waals surface area (Å²) in [5, 5.41) is 0. The summed E-state index contributed by atoms with van der Waals surface area (Å²) in [7, 11) is 0. The quantitative estimate of drug-likeness (QED) is 0.666. The molecule has 1 aliphatic heterocycles. The Balaban J connectivity index is 1.35. The first-order chi connectivity index (χ1) is 13.3. The molecule has 0 N–H and O–H groups in total. The zero-order valence-electron chi connectivity index (χ0n) is 15.6. The number of piperidine rings is 1. The fourth-order valence-electron chi connectivity index (χ4n) is 4.90. The molecule has 27 heavy (non-hydrogen) atoms. The number of imidazole rings is 1. The van der Waals surface area contributed by atoms with Crippen molar-refractivity contribution in [3.8, 4) is 5.69 Å². The lowest BCUT2D eigenvalue weighted by Gasteiger charge is -2.41. The van der Waals surface area contributed by atoms with Crippen LogP contribution in [0.5, 0.6) is 0 Å². The van der Waals surface area contributed by atoms with E-state index in [-0.39, 0.29) is 5.91 Å². The molecule has 1 saturated heterocycles. The predicted molar refractivity (Wildman–Crippen MR) is 107 cm³/mol. The molecule has 1 amide bonds. The summed E-state index contributed by atoms with van der Waals surface area (Å²) < 4.78 is 2.07. The van der Waals surface area contributed by atoms with Crippen molar-refractivity contribution in [2.45, 2.75) is 32.1 Å². The van der Waals surface area contributed by atoms with Crippen LogP contribution in [-0.4, -0.2) is 33.4 Å². The molecule has 3 aromatic rings. The highest BCUT2D eigenvalue weighted by molar-refractivity contribution is 5.94. The Hall–Kier alpha value is -2.62. The van der Waals surface area contributed by atoms with E-state index in [2.05, 4.69) is 20.5 Å². The van der Waals surface area contributed by atoms with E-state index in [9.17, 15) is 4.79 Å². The van der Waals surface area contributed by atoms with Crippen molar-refractivity contribution in [2.75, 3.05) is 13.1 Å². The number of likely N-dealkylation sites (tertiary alicyclic amines) is 1. The predicted octanol–water partition coefficient (Wildman–Crippen LogP) is 4.68. The molecular weight excluding hydrogens is 334 g/mol. The SMILES string of the molecule is O=C(c1ccc(-n2cnc3ccccc32)cc1)N1CCC2CCCCC2C1. The Labute approximate surface area is 159 Å². The van der Waals surface area contributed by atoms with E-state index in [1.807, 2.05) is 48.8 Å². The Bertz CT molecular complexity index is 959. The Morgan fingerprint density at radius 3 is 2.56 bits per heavy atom. The molecule has 2 aromatic carbocycles. The standard InChI is InChI=1S/C23H25N3O/c27-23(25-14-13-17-5-1-2-6-19(17)15-25)18-9-11-20(12-10-18)26-16-24-21-7-3-4-8-22(21)26/h3-4,7-12,16-17,19H,1-2,5-6,13-15H2. The van der Waals surface area contributed by atoms with Gasteiger partial charge in [-0.25, -0.2) is 4.98 Å². The molecule has 1 saturated carbocycles. The second kappa shape index (κ2) is 6.84. The van der Waals surface area contributed by atoms with Crippen molar-refractivity contribution in [3.05, 3.63) is 60.4 Å². The van der Waals surface area contributed by atoms with Gasteiger partial charge in [0, 0.05) is 24.3 Å². The molecule has 4 heteroatoms. The van der Waals surface area contributed by atoms with Gasteiger partial charge in [0.1, 0.15) is 6.33 Å². The third-order valence-corrected chi connectivity index (χ3v) is 6.42. The van der Waals surface area contributed by atoms with Gasteiger partial charge in [-0.1, -0.05) is 31.4 Å². The summed E-state index contributed by atoms with van der Waals surface area (Å²) >= 11 is 0. The smallest absolute Gasteiger partial charge is 0.253 e. The molecule has 0 spiro atoms. The molecule has 2 aliphatic rings. The minimum Gasteiger partial charge on any atom is -0.338 e. The van der Waals surface area contributed by atoms with Crippen molar-refractivity contribution in [3.63, 3.8) is 0 Å². The Kier molecular flexibility index (Phi) is 4.19. The molecule has 2 fully saturated rings. The van der Waals surface area contributed by atoms with E-state index in [1.54, 1.807) is 0 Å². The molecule has 138 valence electrons. The van der Waals surface area contributed by atoms with Gasteiger partial charge in [0.2, 0.25) is 0 Å². The number of hydrogen-bond donors (Lipinski definition) is 0. The zero-order valence-corrected chi connectivity index (χ0v) is 15.6. The monoisotopic (exact) mass is 359 g/mol. The van der Waals surface area contributed by atoms with E-state index < -0.39 is 0 Å². The lowest BCUT2D eigenvalue weighted by Crippen LogP contribution is -2.44. The largest absolute Gasteiger partial charge is 0.338 e. The van der Waals surface area contributed by atoms with Crippen LogP contribution in [-0.2, 0) is 0 Å². The van der Waals surface area contributed by atoms with Crippen LogP contribution < -0.4 is 0 Å².